The fourth-order valence-electron chi connectivity index (χ4n) is 2.69. The van der Waals surface area contributed by atoms with Crippen molar-refractivity contribution in [1.82, 2.24) is 4.98 Å². The van der Waals surface area contributed by atoms with Gasteiger partial charge >= 0.3 is 0 Å². The van der Waals surface area contributed by atoms with Crippen LogP contribution in [0, 0.1) is 11.9 Å². The van der Waals surface area contributed by atoms with Crippen molar-refractivity contribution in [3.63, 3.8) is 0 Å². The summed E-state index contributed by atoms with van der Waals surface area (Å²) in [6.07, 6.45) is 0. The minimum atomic E-state index is -1.09. The Hall–Kier alpha value is -2.99. The molecule has 26 heavy (non-hydrogen) atoms. The van der Waals surface area contributed by atoms with E-state index in [1.54, 1.807) is 24.3 Å². The maximum Gasteiger partial charge on any atom is 0.258 e. The first-order chi connectivity index (χ1) is 12.7. The summed E-state index contributed by atoms with van der Waals surface area (Å²) in [6, 6.07) is 15.9. The second-order valence-corrected chi connectivity index (χ2v) is 5.51. The van der Waals surface area contributed by atoms with Gasteiger partial charge in [0.25, 0.3) is 5.95 Å². The maximum atomic E-state index is 14.5. The van der Waals surface area contributed by atoms with Crippen LogP contribution in [0.3, 0.4) is 0 Å². The molecule has 1 N–H and O–H groups in total. The van der Waals surface area contributed by atoms with E-state index in [-0.39, 0.29) is 23.5 Å². The molecule has 0 saturated heterocycles. The van der Waals surface area contributed by atoms with Gasteiger partial charge in [0.15, 0.2) is 5.75 Å². The monoisotopic (exact) mass is 357 g/mol. The zero-order chi connectivity index (χ0) is 18.5. The van der Waals surface area contributed by atoms with E-state index in [9.17, 15) is 13.9 Å². The molecular weight excluding hydrogens is 340 g/mol. The lowest BCUT2D eigenvalue weighted by molar-refractivity contribution is 0.263. The molecular formula is C20H17F2NO3. The lowest BCUT2D eigenvalue weighted by Crippen LogP contribution is -2.07. The molecule has 0 spiro atoms. The highest BCUT2D eigenvalue weighted by Crippen LogP contribution is 2.41. The molecule has 0 radical (unpaired) electrons. The number of rotatable bonds is 6. The van der Waals surface area contributed by atoms with Crippen LogP contribution in [0.15, 0.2) is 54.6 Å². The molecule has 4 nitrogen and oxygen atoms in total. The number of methoxy groups -OCH3 is 1. The SMILES string of the molecule is COc1ccccc1-c1c(CO)c(F)nc(F)c1OCc1ccccc1. The molecule has 0 unspecified atom stereocenters. The second-order valence-electron chi connectivity index (χ2n) is 5.51. The van der Waals surface area contributed by atoms with Crippen LogP contribution < -0.4 is 9.47 Å². The molecule has 6 heteroatoms. The Labute approximate surface area is 149 Å². The standard InChI is InChI=1S/C20H17F2NO3/c1-25-16-10-6-5-9-14(16)17-15(11-24)19(21)23-20(22)18(17)26-12-13-7-3-2-4-8-13/h2-10,24H,11-12H2,1H3. The fourth-order valence-corrected chi connectivity index (χ4v) is 2.69. The summed E-state index contributed by atoms with van der Waals surface area (Å²) in [5.41, 5.74) is 1.15. The van der Waals surface area contributed by atoms with Gasteiger partial charge < -0.3 is 14.6 Å². The van der Waals surface area contributed by atoms with Gasteiger partial charge in [0, 0.05) is 16.7 Å². The minimum Gasteiger partial charge on any atom is -0.496 e. The first-order valence-electron chi connectivity index (χ1n) is 7.94. The highest BCUT2D eigenvalue weighted by atomic mass is 19.1. The van der Waals surface area contributed by atoms with E-state index in [2.05, 4.69) is 4.98 Å². The maximum absolute atomic E-state index is 14.5. The molecule has 0 aliphatic carbocycles. The average molecular weight is 357 g/mol. The Bertz CT molecular complexity index is 901. The van der Waals surface area contributed by atoms with Crippen LogP contribution in [0.5, 0.6) is 11.5 Å². The van der Waals surface area contributed by atoms with Gasteiger partial charge in [0.1, 0.15) is 12.4 Å². The Morgan fingerprint density at radius 2 is 1.65 bits per heavy atom. The van der Waals surface area contributed by atoms with Crippen LogP contribution in [0.4, 0.5) is 8.78 Å². The summed E-state index contributed by atoms with van der Waals surface area (Å²) in [7, 11) is 1.45. The van der Waals surface area contributed by atoms with E-state index in [0.29, 0.717) is 11.3 Å². The van der Waals surface area contributed by atoms with Crippen LogP contribution in [-0.2, 0) is 13.2 Å². The van der Waals surface area contributed by atoms with Crippen LogP contribution in [0.1, 0.15) is 11.1 Å². The molecule has 1 aromatic heterocycles. The number of aliphatic hydroxyl groups is 1. The zero-order valence-corrected chi connectivity index (χ0v) is 14.1. The molecule has 0 amide bonds. The van der Waals surface area contributed by atoms with Gasteiger partial charge in [-0.1, -0.05) is 48.5 Å². The predicted molar refractivity (Wildman–Crippen MR) is 92.8 cm³/mol. The van der Waals surface area contributed by atoms with Crippen molar-refractivity contribution < 1.29 is 23.4 Å². The Balaban J connectivity index is 2.14. The summed E-state index contributed by atoms with van der Waals surface area (Å²) in [5, 5.41) is 9.63. The number of pyridine rings is 1. The number of ether oxygens (including phenoxy) is 2. The van der Waals surface area contributed by atoms with Crippen LogP contribution in [0.25, 0.3) is 11.1 Å². The van der Waals surface area contributed by atoms with Gasteiger partial charge in [-0.15, -0.1) is 0 Å². The van der Waals surface area contributed by atoms with Crippen molar-refractivity contribution in [3.8, 4) is 22.6 Å². The quantitative estimate of drug-likeness (QED) is 0.675. The number of aromatic nitrogens is 1. The highest BCUT2D eigenvalue weighted by molar-refractivity contribution is 5.78. The molecule has 0 fully saturated rings. The minimum absolute atomic E-state index is 0.0675. The smallest absolute Gasteiger partial charge is 0.258 e. The number of para-hydroxylation sites is 1. The zero-order valence-electron chi connectivity index (χ0n) is 14.1. The fraction of sp³-hybridized carbons (Fsp3) is 0.150. The number of hydrogen-bond acceptors (Lipinski definition) is 4. The van der Waals surface area contributed by atoms with Crippen molar-refractivity contribution in [1.29, 1.82) is 0 Å². The predicted octanol–water partition coefficient (Wildman–Crippen LogP) is 4.11. The van der Waals surface area contributed by atoms with Gasteiger partial charge in [-0.3, -0.25) is 0 Å². The summed E-state index contributed by atoms with van der Waals surface area (Å²) < 4.78 is 39.5. The van der Waals surface area contributed by atoms with E-state index in [1.807, 2.05) is 30.3 Å². The van der Waals surface area contributed by atoms with Crippen molar-refractivity contribution in [2.75, 3.05) is 7.11 Å². The normalized spacial score (nSPS) is 10.6. The second kappa shape index (κ2) is 7.93. The number of hydrogen-bond donors (Lipinski definition) is 1. The Morgan fingerprint density at radius 1 is 0.962 bits per heavy atom. The third kappa shape index (κ3) is 3.50. The molecule has 3 aromatic rings. The lowest BCUT2D eigenvalue weighted by atomic mass is 9.99. The van der Waals surface area contributed by atoms with E-state index in [1.165, 1.54) is 7.11 Å². The van der Waals surface area contributed by atoms with E-state index in [0.717, 1.165) is 5.56 Å². The summed E-state index contributed by atoms with van der Waals surface area (Å²) in [5.74, 6) is -2.00. The third-order valence-corrected chi connectivity index (χ3v) is 3.92. The van der Waals surface area contributed by atoms with E-state index in [4.69, 9.17) is 9.47 Å². The highest BCUT2D eigenvalue weighted by Gasteiger charge is 2.24. The Morgan fingerprint density at radius 3 is 2.35 bits per heavy atom. The average Bonchev–Trinajstić information content (AvgIpc) is 2.67. The summed E-state index contributed by atoms with van der Waals surface area (Å²) >= 11 is 0. The van der Waals surface area contributed by atoms with Crippen molar-refractivity contribution in [2.24, 2.45) is 0 Å². The first kappa shape index (κ1) is 17.8. The van der Waals surface area contributed by atoms with Gasteiger partial charge in [-0.05, 0) is 11.6 Å². The molecule has 1 heterocycles. The Kier molecular flexibility index (Phi) is 5.43. The number of aliphatic hydroxyl groups excluding tert-OH is 1. The number of benzene rings is 2. The van der Waals surface area contributed by atoms with Gasteiger partial charge in [-0.25, -0.2) is 0 Å². The van der Waals surface area contributed by atoms with Crippen molar-refractivity contribution in [3.05, 3.63) is 77.6 Å². The van der Waals surface area contributed by atoms with Crippen LogP contribution in [-0.4, -0.2) is 17.2 Å². The molecule has 134 valence electrons. The van der Waals surface area contributed by atoms with E-state index >= 15 is 0 Å². The van der Waals surface area contributed by atoms with Gasteiger partial charge in [0.05, 0.1) is 13.7 Å². The van der Waals surface area contributed by atoms with Crippen molar-refractivity contribution >= 4 is 0 Å². The molecule has 2 aromatic carbocycles. The third-order valence-electron chi connectivity index (χ3n) is 3.92. The molecule has 0 aliphatic rings. The number of halogens is 2. The van der Waals surface area contributed by atoms with Crippen LogP contribution in [0.2, 0.25) is 0 Å². The summed E-state index contributed by atoms with van der Waals surface area (Å²) in [4.78, 5) is 3.24. The lowest BCUT2D eigenvalue weighted by Gasteiger charge is -2.17. The summed E-state index contributed by atoms with van der Waals surface area (Å²) in [6.45, 7) is -0.591. The topological polar surface area (TPSA) is 51.6 Å². The first-order valence-corrected chi connectivity index (χ1v) is 7.94. The van der Waals surface area contributed by atoms with E-state index < -0.39 is 18.5 Å². The van der Waals surface area contributed by atoms with Gasteiger partial charge in [0.2, 0.25) is 5.95 Å². The molecule has 0 bridgehead atoms. The molecule has 3 rings (SSSR count). The largest absolute Gasteiger partial charge is 0.496 e. The van der Waals surface area contributed by atoms with Gasteiger partial charge in [-0.2, -0.15) is 13.8 Å². The molecule has 0 aliphatic heterocycles. The van der Waals surface area contributed by atoms with Crippen molar-refractivity contribution in [2.45, 2.75) is 13.2 Å². The molecule has 0 atom stereocenters. The number of nitrogens with zero attached hydrogens (tertiary/aromatic N) is 1. The van der Waals surface area contributed by atoms with Crippen LogP contribution >= 0.6 is 0 Å². The molecule has 0 saturated carbocycles.